The van der Waals surface area contributed by atoms with E-state index in [1.807, 2.05) is 0 Å². The van der Waals surface area contributed by atoms with E-state index in [-0.39, 0.29) is 35.5 Å². The third kappa shape index (κ3) is 2.94. The molecule has 1 fully saturated rings. The first-order chi connectivity index (χ1) is 9.00. The summed E-state index contributed by atoms with van der Waals surface area (Å²) in [6.07, 6.45) is 1.48. The Labute approximate surface area is 123 Å². The smallest absolute Gasteiger partial charge is 0.243 e. The van der Waals surface area contributed by atoms with Crippen LogP contribution >= 0.6 is 12.4 Å². The minimum absolute atomic E-state index is 0. The molecule has 2 rings (SSSR count). The van der Waals surface area contributed by atoms with Crippen molar-refractivity contribution in [2.45, 2.75) is 23.8 Å². The van der Waals surface area contributed by atoms with Gasteiger partial charge in [-0.1, -0.05) is 0 Å². The predicted octanol–water partition coefficient (Wildman–Crippen LogP) is 1.23. The first-order valence-corrected chi connectivity index (χ1v) is 7.36. The predicted molar refractivity (Wildman–Crippen MR) is 74.3 cm³/mol. The molecule has 1 unspecified atom stereocenters. The van der Waals surface area contributed by atoms with Gasteiger partial charge in [0.05, 0.1) is 10.5 Å². The molecule has 1 atom stereocenters. The molecule has 0 saturated carbocycles. The maximum absolute atomic E-state index is 13.2. The number of benzene rings is 1. The van der Waals surface area contributed by atoms with E-state index in [4.69, 9.17) is 11.0 Å². The number of nitrogens with two attached hydrogens (primary N) is 1. The summed E-state index contributed by atoms with van der Waals surface area (Å²) in [6, 6.07) is 4.66. The van der Waals surface area contributed by atoms with Gasteiger partial charge in [0, 0.05) is 19.1 Å². The summed E-state index contributed by atoms with van der Waals surface area (Å²) in [4.78, 5) is -0.0641. The highest BCUT2D eigenvalue weighted by molar-refractivity contribution is 7.89. The van der Waals surface area contributed by atoms with E-state index in [9.17, 15) is 12.8 Å². The highest BCUT2D eigenvalue weighted by atomic mass is 35.5. The highest BCUT2D eigenvalue weighted by Crippen LogP contribution is 2.26. The molecule has 1 aromatic rings. The molecule has 0 aromatic heterocycles. The van der Waals surface area contributed by atoms with Gasteiger partial charge in [0.2, 0.25) is 10.0 Å². The lowest BCUT2D eigenvalue weighted by Crippen LogP contribution is -2.39. The molecule has 0 amide bonds. The molecule has 1 heterocycles. The van der Waals surface area contributed by atoms with Crippen LogP contribution in [0, 0.1) is 17.1 Å². The van der Waals surface area contributed by atoms with Gasteiger partial charge in [-0.3, -0.25) is 0 Å². The van der Waals surface area contributed by atoms with Crippen LogP contribution in [0.2, 0.25) is 0 Å². The van der Waals surface area contributed by atoms with Crippen molar-refractivity contribution < 1.29 is 12.8 Å². The van der Waals surface area contributed by atoms with Crippen LogP contribution in [-0.2, 0) is 10.0 Å². The molecular formula is C12H15ClFN3O2S. The zero-order valence-electron chi connectivity index (χ0n) is 10.6. The number of halogens is 2. The summed E-state index contributed by atoms with van der Waals surface area (Å²) in [5, 5.41) is 8.75. The first kappa shape index (κ1) is 16.9. The lowest BCUT2D eigenvalue weighted by atomic mass is 10.2. The van der Waals surface area contributed by atoms with Crippen LogP contribution in [0.5, 0.6) is 0 Å². The Kier molecular flexibility index (Phi) is 5.48. The summed E-state index contributed by atoms with van der Waals surface area (Å²) in [7, 11) is -3.71. The normalized spacial score (nSPS) is 19.4. The van der Waals surface area contributed by atoms with Gasteiger partial charge in [-0.15, -0.1) is 12.4 Å². The minimum Gasteiger partial charge on any atom is -0.329 e. The molecule has 0 radical (unpaired) electrons. The maximum atomic E-state index is 13.2. The zero-order chi connectivity index (χ0) is 14.0. The second kappa shape index (κ2) is 6.50. The Balaban J connectivity index is 0.00000200. The molecule has 0 bridgehead atoms. The highest BCUT2D eigenvalue weighted by Gasteiger charge is 2.34. The summed E-state index contributed by atoms with van der Waals surface area (Å²) >= 11 is 0. The quantitative estimate of drug-likeness (QED) is 0.907. The summed E-state index contributed by atoms with van der Waals surface area (Å²) in [5.74, 6) is -0.724. The summed E-state index contributed by atoms with van der Waals surface area (Å²) < 4.78 is 39.4. The second-order valence-electron chi connectivity index (χ2n) is 4.40. The standard InChI is InChI=1S/C12H14FN3O2S.ClH/c13-12-4-3-11(6-9(12)7-14)19(17,18)16-5-1-2-10(16)8-15;/h3-4,6,10H,1-2,5,8,15H2;1H. The lowest BCUT2D eigenvalue weighted by Gasteiger charge is -2.22. The third-order valence-electron chi connectivity index (χ3n) is 3.26. The van der Waals surface area contributed by atoms with Crippen molar-refractivity contribution in [2.24, 2.45) is 5.73 Å². The number of nitriles is 1. The van der Waals surface area contributed by atoms with Gasteiger partial charge in [0.25, 0.3) is 0 Å². The van der Waals surface area contributed by atoms with Crippen molar-refractivity contribution >= 4 is 22.4 Å². The van der Waals surface area contributed by atoms with E-state index in [1.165, 1.54) is 10.4 Å². The average molecular weight is 320 g/mol. The van der Waals surface area contributed by atoms with Gasteiger partial charge in [0.1, 0.15) is 11.9 Å². The average Bonchev–Trinajstić information content (AvgIpc) is 2.88. The molecule has 110 valence electrons. The second-order valence-corrected chi connectivity index (χ2v) is 6.29. The van der Waals surface area contributed by atoms with Crippen molar-refractivity contribution in [2.75, 3.05) is 13.1 Å². The van der Waals surface area contributed by atoms with Crippen molar-refractivity contribution in [3.8, 4) is 6.07 Å². The third-order valence-corrected chi connectivity index (χ3v) is 5.21. The number of hydrogen-bond acceptors (Lipinski definition) is 4. The Hall–Kier alpha value is -1.20. The lowest BCUT2D eigenvalue weighted by molar-refractivity contribution is 0.393. The van der Waals surface area contributed by atoms with Gasteiger partial charge in [0.15, 0.2) is 0 Å². The largest absolute Gasteiger partial charge is 0.329 e. The van der Waals surface area contributed by atoms with E-state index in [0.29, 0.717) is 6.54 Å². The monoisotopic (exact) mass is 319 g/mol. The van der Waals surface area contributed by atoms with Crippen LogP contribution in [-0.4, -0.2) is 31.9 Å². The van der Waals surface area contributed by atoms with Gasteiger partial charge in [-0.25, -0.2) is 12.8 Å². The van der Waals surface area contributed by atoms with Gasteiger partial charge < -0.3 is 5.73 Å². The Morgan fingerprint density at radius 3 is 2.80 bits per heavy atom. The minimum atomic E-state index is -3.71. The van der Waals surface area contributed by atoms with Crippen LogP contribution in [0.25, 0.3) is 0 Å². The van der Waals surface area contributed by atoms with Crippen LogP contribution < -0.4 is 5.73 Å². The maximum Gasteiger partial charge on any atom is 0.243 e. The fraction of sp³-hybridized carbons (Fsp3) is 0.417. The molecule has 0 spiro atoms. The molecule has 1 aromatic carbocycles. The topological polar surface area (TPSA) is 87.2 Å². The molecule has 1 aliphatic heterocycles. The Morgan fingerprint density at radius 1 is 1.50 bits per heavy atom. The van der Waals surface area contributed by atoms with Gasteiger partial charge >= 0.3 is 0 Å². The van der Waals surface area contributed by atoms with Crippen LogP contribution in [0.1, 0.15) is 18.4 Å². The summed E-state index contributed by atoms with van der Waals surface area (Å²) in [5.41, 5.74) is 5.29. The van der Waals surface area contributed by atoms with Crippen LogP contribution in [0.3, 0.4) is 0 Å². The van der Waals surface area contributed by atoms with Gasteiger partial charge in [-0.05, 0) is 31.0 Å². The fourth-order valence-corrected chi connectivity index (χ4v) is 3.98. The van der Waals surface area contributed by atoms with E-state index in [1.54, 1.807) is 6.07 Å². The number of sulfonamides is 1. The number of hydrogen-bond donors (Lipinski definition) is 1. The van der Waals surface area contributed by atoms with Gasteiger partial charge in [-0.2, -0.15) is 9.57 Å². The molecule has 1 aliphatic rings. The fourth-order valence-electron chi connectivity index (χ4n) is 2.25. The van der Waals surface area contributed by atoms with Crippen molar-refractivity contribution in [1.29, 1.82) is 5.26 Å². The molecule has 0 aliphatic carbocycles. The summed E-state index contributed by atoms with van der Waals surface area (Å²) in [6.45, 7) is 0.662. The van der Waals surface area contributed by atoms with E-state index >= 15 is 0 Å². The van der Waals surface area contributed by atoms with E-state index in [2.05, 4.69) is 0 Å². The molecule has 2 N–H and O–H groups in total. The SMILES string of the molecule is Cl.N#Cc1cc(S(=O)(=O)N2CCCC2CN)ccc1F. The molecule has 8 heteroatoms. The molecule has 20 heavy (non-hydrogen) atoms. The Bertz CT molecular complexity index is 630. The molecule has 1 saturated heterocycles. The van der Waals surface area contributed by atoms with Crippen LogP contribution in [0.4, 0.5) is 4.39 Å². The van der Waals surface area contributed by atoms with E-state index in [0.717, 1.165) is 25.0 Å². The zero-order valence-corrected chi connectivity index (χ0v) is 12.3. The van der Waals surface area contributed by atoms with E-state index < -0.39 is 15.8 Å². The molecular weight excluding hydrogens is 305 g/mol. The number of rotatable bonds is 3. The van der Waals surface area contributed by atoms with Crippen molar-refractivity contribution in [3.05, 3.63) is 29.6 Å². The Morgan fingerprint density at radius 2 is 2.20 bits per heavy atom. The first-order valence-electron chi connectivity index (χ1n) is 5.92. The number of nitrogens with zero attached hydrogens (tertiary/aromatic N) is 2. The van der Waals surface area contributed by atoms with Crippen molar-refractivity contribution in [3.63, 3.8) is 0 Å². The van der Waals surface area contributed by atoms with Crippen LogP contribution in [0.15, 0.2) is 23.1 Å². The van der Waals surface area contributed by atoms with Crippen molar-refractivity contribution in [1.82, 2.24) is 4.31 Å². The molecule has 5 nitrogen and oxygen atoms in total.